The summed E-state index contributed by atoms with van der Waals surface area (Å²) >= 11 is 14.9. The van der Waals surface area contributed by atoms with E-state index in [-0.39, 0.29) is 23.3 Å². The van der Waals surface area contributed by atoms with E-state index in [0.29, 0.717) is 27.2 Å². The summed E-state index contributed by atoms with van der Waals surface area (Å²) < 4.78 is 0.902. The van der Waals surface area contributed by atoms with Crippen molar-refractivity contribution in [1.82, 2.24) is 15.1 Å². The van der Waals surface area contributed by atoms with Gasteiger partial charge in [-0.25, -0.2) is 4.79 Å². The number of carbonyl (C=O) groups is 3. The smallest absolute Gasteiger partial charge is 0.352 e. The normalized spacial score (nSPS) is 30.1. The number of piperazine rings is 3. The van der Waals surface area contributed by atoms with Gasteiger partial charge >= 0.3 is 5.97 Å². The van der Waals surface area contributed by atoms with Crippen LogP contribution in [0.1, 0.15) is 0 Å². The van der Waals surface area contributed by atoms with Gasteiger partial charge in [-0.15, -0.1) is 23.5 Å². The van der Waals surface area contributed by atoms with E-state index in [9.17, 15) is 19.5 Å². The third-order valence-corrected chi connectivity index (χ3v) is 10.1. The molecular weight excluding hydrogens is 519 g/mol. The molecule has 5 heterocycles. The lowest BCUT2D eigenvalue weighted by molar-refractivity contribution is -0.936. The number of fused-ring (bicyclic) bond motifs is 4. The van der Waals surface area contributed by atoms with Crippen LogP contribution in [0.3, 0.4) is 0 Å². The third kappa shape index (κ3) is 4.56. The molecule has 182 valence electrons. The fraction of sp³-hybridized carbons (Fsp3) is 0.500. The number of quaternary nitrogens is 1. The summed E-state index contributed by atoms with van der Waals surface area (Å²) in [5.41, 5.74) is 0.938. The Morgan fingerprint density at radius 3 is 2.59 bits per heavy atom. The number of β-lactam (4-membered cyclic amide) rings is 1. The van der Waals surface area contributed by atoms with E-state index in [1.165, 1.54) is 28.4 Å². The van der Waals surface area contributed by atoms with Crippen molar-refractivity contribution in [3.63, 3.8) is 0 Å². The predicted molar refractivity (Wildman–Crippen MR) is 133 cm³/mol. The van der Waals surface area contributed by atoms with E-state index in [1.54, 1.807) is 18.2 Å². The van der Waals surface area contributed by atoms with Gasteiger partial charge in [-0.1, -0.05) is 23.2 Å². The number of hydrogen-bond acceptors (Lipinski definition) is 6. The zero-order chi connectivity index (χ0) is 24.0. The second-order valence-corrected chi connectivity index (χ2v) is 12.1. The standard InChI is InChI=1S/C22H24Cl2N4O4S2/c23-14-1-2-15(24)16(9-14)33-12-17(29)25-18-20(30)27-19(22(31)32)13(11-34-21(18)27)10-28-6-3-26(4-7-28)5-8-28/h1-2,9,18,21H,3-8,10-12H2,(H-,25,29,31,32)/p+1/t18-,21-/m1/s1. The summed E-state index contributed by atoms with van der Waals surface area (Å²) in [6, 6.07) is 4.30. The second kappa shape index (κ2) is 9.55. The second-order valence-electron chi connectivity index (χ2n) is 9.09. The van der Waals surface area contributed by atoms with Crippen LogP contribution in [0.4, 0.5) is 0 Å². The summed E-state index contributed by atoms with van der Waals surface area (Å²) in [6.45, 7) is 6.86. The van der Waals surface area contributed by atoms with Crippen molar-refractivity contribution in [2.24, 2.45) is 0 Å². The van der Waals surface area contributed by atoms with Crippen LogP contribution in [0.15, 0.2) is 34.4 Å². The highest BCUT2D eigenvalue weighted by Crippen LogP contribution is 2.41. The number of benzene rings is 1. The molecule has 1 aromatic rings. The van der Waals surface area contributed by atoms with Crippen molar-refractivity contribution in [2.75, 3.05) is 57.3 Å². The van der Waals surface area contributed by atoms with Crippen LogP contribution in [0, 0.1) is 0 Å². The molecule has 2 amide bonds. The Bertz CT molecular complexity index is 1060. The van der Waals surface area contributed by atoms with Crippen molar-refractivity contribution in [3.05, 3.63) is 39.5 Å². The third-order valence-electron chi connectivity index (χ3n) is 7.02. The summed E-state index contributed by atoms with van der Waals surface area (Å²) in [5.74, 6) is -1.12. The van der Waals surface area contributed by atoms with Gasteiger partial charge in [-0.3, -0.25) is 19.4 Å². The average Bonchev–Trinajstić information content (AvgIpc) is 2.83. The van der Waals surface area contributed by atoms with Crippen LogP contribution < -0.4 is 5.32 Å². The maximum absolute atomic E-state index is 13.0. The molecule has 0 spiro atoms. The Morgan fingerprint density at radius 1 is 1.21 bits per heavy atom. The van der Waals surface area contributed by atoms with Crippen LogP contribution >= 0.6 is 46.7 Å². The lowest BCUT2D eigenvalue weighted by Gasteiger charge is -2.53. The first-order chi connectivity index (χ1) is 16.3. The minimum atomic E-state index is -1.07. The molecule has 1 aromatic carbocycles. The SMILES string of the molecule is O=C(CSc1cc(Cl)ccc1Cl)N[C@@H]1C(=O)N2C(C(=O)O)=C(C[N+]34CCN(CC3)CC4)CS[C@H]12. The first kappa shape index (κ1) is 24.3. The van der Waals surface area contributed by atoms with Crippen molar-refractivity contribution in [1.29, 1.82) is 0 Å². The van der Waals surface area contributed by atoms with Crippen LogP contribution in [-0.4, -0.2) is 106 Å². The molecule has 2 bridgehead atoms. The summed E-state index contributed by atoms with van der Waals surface area (Å²) in [5, 5.41) is 13.4. The first-order valence-electron chi connectivity index (χ1n) is 11.1. The molecule has 4 fully saturated rings. The summed E-state index contributed by atoms with van der Waals surface area (Å²) in [4.78, 5) is 42.2. The molecule has 0 aliphatic carbocycles. The molecule has 34 heavy (non-hydrogen) atoms. The average molecular weight is 545 g/mol. The molecule has 5 aliphatic heterocycles. The molecule has 4 saturated heterocycles. The van der Waals surface area contributed by atoms with Crippen LogP contribution in [0.5, 0.6) is 0 Å². The first-order valence-corrected chi connectivity index (χ1v) is 13.9. The number of hydrogen-bond donors (Lipinski definition) is 2. The van der Waals surface area contributed by atoms with E-state index < -0.39 is 17.4 Å². The molecule has 8 nitrogen and oxygen atoms in total. The highest BCUT2D eigenvalue weighted by atomic mass is 35.5. The molecule has 0 unspecified atom stereocenters. The van der Waals surface area contributed by atoms with Crippen molar-refractivity contribution in [3.8, 4) is 0 Å². The van der Waals surface area contributed by atoms with E-state index in [2.05, 4.69) is 10.2 Å². The van der Waals surface area contributed by atoms with Crippen molar-refractivity contribution in [2.45, 2.75) is 16.3 Å². The highest BCUT2D eigenvalue weighted by Gasteiger charge is 2.55. The Labute approximate surface area is 216 Å². The molecule has 0 aromatic heterocycles. The highest BCUT2D eigenvalue weighted by molar-refractivity contribution is 8.00. The molecule has 12 heteroatoms. The van der Waals surface area contributed by atoms with Gasteiger partial charge in [0.1, 0.15) is 23.7 Å². The van der Waals surface area contributed by atoms with Gasteiger partial charge < -0.3 is 14.9 Å². The number of carbonyl (C=O) groups excluding carboxylic acids is 2. The summed E-state index contributed by atoms with van der Waals surface area (Å²) in [7, 11) is 0. The van der Waals surface area contributed by atoms with Gasteiger partial charge in [-0.2, -0.15) is 0 Å². The van der Waals surface area contributed by atoms with Crippen LogP contribution in [0.25, 0.3) is 0 Å². The van der Waals surface area contributed by atoms with E-state index >= 15 is 0 Å². The molecule has 6 rings (SSSR count). The number of carboxylic acids is 1. The maximum Gasteiger partial charge on any atom is 0.352 e. The molecule has 0 saturated carbocycles. The molecule has 2 N–H and O–H groups in total. The number of amides is 2. The zero-order valence-electron chi connectivity index (χ0n) is 18.3. The molecule has 5 aliphatic rings. The number of rotatable bonds is 7. The number of nitrogens with zero attached hydrogens (tertiary/aromatic N) is 3. The lowest BCUT2D eigenvalue weighted by Crippen LogP contribution is -2.71. The zero-order valence-corrected chi connectivity index (χ0v) is 21.5. The van der Waals surface area contributed by atoms with Gasteiger partial charge in [0.2, 0.25) is 5.91 Å². The Kier molecular flexibility index (Phi) is 6.82. The topological polar surface area (TPSA) is 90.0 Å². The van der Waals surface area contributed by atoms with Gasteiger partial charge in [0.15, 0.2) is 0 Å². The molecule has 2 atom stereocenters. The van der Waals surface area contributed by atoms with E-state index in [4.69, 9.17) is 23.2 Å². The Morgan fingerprint density at radius 2 is 1.91 bits per heavy atom. The van der Waals surface area contributed by atoms with E-state index in [1.807, 2.05) is 0 Å². The maximum atomic E-state index is 13.0. The quantitative estimate of drug-likeness (QED) is 0.308. The minimum Gasteiger partial charge on any atom is -0.477 e. The van der Waals surface area contributed by atoms with Crippen molar-refractivity contribution < 1.29 is 24.0 Å². The number of halogens is 2. The number of thioether (sulfide) groups is 2. The van der Waals surface area contributed by atoms with Crippen LogP contribution in [-0.2, 0) is 14.4 Å². The number of carboxylic acid groups (broad SMARTS) is 1. The van der Waals surface area contributed by atoms with Gasteiger partial charge in [0, 0.05) is 40.9 Å². The van der Waals surface area contributed by atoms with Gasteiger partial charge in [0.25, 0.3) is 5.91 Å². The number of nitrogens with one attached hydrogen (secondary N) is 1. The molecular formula is C22H25Cl2N4O4S2+. The lowest BCUT2D eigenvalue weighted by atomic mass is 10.0. The monoisotopic (exact) mass is 543 g/mol. The largest absolute Gasteiger partial charge is 0.477 e. The molecule has 0 radical (unpaired) electrons. The fourth-order valence-electron chi connectivity index (χ4n) is 5.12. The van der Waals surface area contributed by atoms with Gasteiger partial charge in [0.05, 0.1) is 30.4 Å². The number of aliphatic carboxylic acids is 1. The Hall–Kier alpha value is -1.43. The minimum absolute atomic E-state index is 0.0745. The van der Waals surface area contributed by atoms with E-state index in [0.717, 1.165) is 49.3 Å². The van der Waals surface area contributed by atoms with Gasteiger partial charge in [-0.05, 0) is 18.2 Å². The predicted octanol–water partition coefficient (Wildman–Crippen LogP) is 1.97. The fourth-order valence-corrected chi connectivity index (χ4v) is 7.76. The summed E-state index contributed by atoms with van der Waals surface area (Å²) in [6.07, 6.45) is 0. The Balaban J connectivity index is 1.24. The van der Waals surface area contributed by atoms with Crippen LogP contribution in [0.2, 0.25) is 10.0 Å². The van der Waals surface area contributed by atoms with Crippen molar-refractivity contribution >= 4 is 64.5 Å².